The van der Waals surface area contributed by atoms with Gasteiger partial charge in [0, 0.05) is 5.69 Å². The molecule has 1 aromatic heterocycles. The summed E-state index contributed by atoms with van der Waals surface area (Å²) in [5.41, 5.74) is 0.660. The van der Waals surface area contributed by atoms with Crippen molar-refractivity contribution >= 4 is 35.0 Å². The number of nitrogens with one attached hydrogen (secondary N) is 1. The second-order valence-corrected chi connectivity index (χ2v) is 6.22. The third-order valence-corrected chi connectivity index (χ3v) is 4.79. The van der Waals surface area contributed by atoms with Crippen LogP contribution in [0.25, 0.3) is 0 Å². The summed E-state index contributed by atoms with van der Waals surface area (Å²) in [6, 6.07) is 8.93. The van der Waals surface area contributed by atoms with Crippen LogP contribution >= 0.6 is 23.4 Å². The van der Waals surface area contributed by atoms with Gasteiger partial charge in [0.25, 0.3) is 0 Å². The van der Waals surface area contributed by atoms with Crippen molar-refractivity contribution in [2.75, 3.05) is 12.4 Å². The Hall–Kier alpha value is -1.59. The van der Waals surface area contributed by atoms with E-state index in [1.807, 2.05) is 19.1 Å². The van der Waals surface area contributed by atoms with E-state index in [0.717, 1.165) is 12.2 Å². The SMILES string of the molecule is CCC(SCc1ccco1)C(=O)Nc1ccc(OC)c(Cl)c1. The van der Waals surface area contributed by atoms with E-state index in [1.54, 1.807) is 43.3 Å². The van der Waals surface area contributed by atoms with Crippen LogP contribution in [0.15, 0.2) is 41.0 Å². The first-order valence-corrected chi connectivity index (χ1v) is 8.35. The van der Waals surface area contributed by atoms with E-state index in [0.29, 0.717) is 22.2 Å². The van der Waals surface area contributed by atoms with E-state index >= 15 is 0 Å². The smallest absolute Gasteiger partial charge is 0.237 e. The van der Waals surface area contributed by atoms with Gasteiger partial charge in [-0.1, -0.05) is 18.5 Å². The minimum absolute atomic E-state index is 0.0414. The summed E-state index contributed by atoms with van der Waals surface area (Å²) in [7, 11) is 1.55. The fourth-order valence-corrected chi connectivity index (χ4v) is 3.16. The highest BCUT2D eigenvalue weighted by Gasteiger charge is 2.18. The maximum Gasteiger partial charge on any atom is 0.237 e. The van der Waals surface area contributed by atoms with Crippen LogP contribution in [0.1, 0.15) is 19.1 Å². The van der Waals surface area contributed by atoms with Crippen molar-refractivity contribution in [3.05, 3.63) is 47.4 Å². The molecule has 1 amide bonds. The number of hydrogen-bond donors (Lipinski definition) is 1. The average molecular weight is 340 g/mol. The van der Waals surface area contributed by atoms with Crippen LogP contribution in [0.3, 0.4) is 0 Å². The van der Waals surface area contributed by atoms with Gasteiger partial charge in [0.1, 0.15) is 11.5 Å². The summed E-state index contributed by atoms with van der Waals surface area (Å²) in [6.45, 7) is 1.99. The van der Waals surface area contributed by atoms with Gasteiger partial charge in [-0.15, -0.1) is 11.8 Å². The van der Waals surface area contributed by atoms with Gasteiger partial charge >= 0.3 is 0 Å². The zero-order chi connectivity index (χ0) is 15.9. The molecule has 118 valence electrons. The van der Waals surface area contributed by atoms with E-state index in [2.05, 4.69) is 5.32 Å². The first-order chi connectivity index (χ1) is 10.6. The highest BCUT2D eigenvalue weighted by atomic mass is 35.5. The third kappa shape index (κ3) is 4.45. The molecule has 2 aromatic rings. The summed E-state index contributed by atoms with van der Waals surface area (Å²) >= 11 is 7.62. The molecular weight excluding hydrogens is 322 g/mol. The standard InChI is InChI=1S/C16H18ClNO3S/c1-3-15(22-10-12-5-4-8-21-12)16(19)18-11-6-7-14(20-2)13(17)9-11/h4-9,15H,3,10H2,1-2H3,(H,18,19). The first-order valence-electron chi connectivity index (χ1n) is 6.92. The van der Waals surface area contributed by atoms with Gasteiger partial charge in [0.2, 0.25) is 5.91 Å². The molecule has 0 aliphatic carbocycles. The monoisotopic (exact) mass is 339 g/mol. The predicted octanol–water partition coefficient (Wildman–Crippen LogP) is 4.59. The van der Waals surface area contributed by atoms with E-state index in [-0.39, 0.29) is 11.2 Å². The van der Waals surface area contributed by atoms with Gasteiger partial charge < -0.3 is 14.5 Å². The Balaban J connectivity index is 1.95. The molecule has 0 bridgehead atoms. The van der Waals surface area contributed by atoms with Crippen molar-refractivity contribution < 1.29 is 13.9 Å². The third-order valence-electron chi connectivity index (χ3n) is 3.09. The van der Waals surface area contributed by atoms with Crippen LogP contribution < -0.4 is 10.1 Å². The molecule has 1 N–H and O–H groups in total. The molecule has 2 rings (SSSR count). The maximum atomic E-state index is 12.3. The Labute approximate surface area is 139 Å². The molecule has 0 spiro atoms. The van der Waals surface area contributed by atoms with Crippen molar-refractivity contribution in [3.63, 3.8) is 0 Å². The van der Waals surface area contributed by atoms with Crippen LogP contribution in [0.2, 0.25) is 5.02 Å². The second-order valence-electron chi connectivity index (χ2n) is 4.63. The summed E-state index contributed by atoms with van der Waals surface area (Å²) in [4.78, 5) is 12.3. The Morgan fingerprint density at radius 3 is 2.86 bits per heavy atom. The minimum Gasteiger partial charge on any atom is -0.495 e. The zero-order valence-electron chi connectivity index (χ0n) is 12.5. The Kier molecular flexibility index (Phi) is 6.21. The van der Waals surface area contributed by atoms with E-state index in [4.69, 9.17) is 20.8 Å². The Bertz CT molecular complexity index is 616. The van der Waals surface area contributed by atoms with Crippen LogP contribution in [0.4, 0.5) is 5.69 Å². The summed E-state index contributed by atoms with van der Waals surface area (Å²) in [5.74, 6) is 2.07. The van der Waals surface area contributed by atoms with Crippen molar-refractivity contribution in [2.45, 2.75) is 24.3 Å². The quantitative estimate of drug-likeness (QED) is 0.801. The normalized spacial score (nSPS) is 12.0. The summed E-state index contributed by atoms with van der Waals surface area (Å²) in [5, 5.41) is 3.21. The van der Waals surface area contributed by atoms with Gasteiger partial charge in [0.15, 0.2) is 0 Å². The van der Waals surface area contributed by atoms with Crippen molar-refractivity contribution in [1.29, 1.82) is 0 Å². The van der Waals surface area contributed by atoms with Gasteiger partial charge in [0.05, 0.1) is 29.4 Å². The number of ether oxygens (including phenoxy) is 1. The van der Waals surface area contributed by atoms with Crippen molar-refractivity contribution in [1.82, 2.24) is 0 Å². The fraction of sp³-hybridized carbons (Fsp3) is 0.312. The molecule has 0 aliphatic rings. The lowest BCUT2D eigenvalue weighted by Gasteiger charge is -2.14. The molecule has 0 saturated carbocycles. The number of carbonyl (C=O) groups is 1. The lowest BCUT2D eigenvalue weighted by atomic mass is 10.2. The van der Waals surface area contributed by atoms with Gasteiger partial charge in [-0.3, -0.25) is 4.79 Å². The Morgan fingerprint density at radius 2 is 2.27 bits per heavy atom. The van der Waals surface area contributed by atoms with Crippen LogP contribution in [-0.4, -0.2) is 18.3 Å². The molecule has 1 aromatic carbocycles. The fourth-order valence-electron chi connectivity index (χ4n) is 1.92. The van der Waals surface area contributed by atoms with E-state index in [9.17, 15) is 4.79 Å². The minimum atomic E-state index is -0.147. The molecule has 22 heavy (non-hydrogen) atoms. The molecule has 0 aliphatic heterocycles. The molecule has 1 unspecified atom stereocenters. The number of methoxy groups -OCH3 is 1. The molecule has 4 nitrogen and oxygen atoms in total. The molecule has 0 radical (unpaired) electrons. The second kappa shape index (κ2) is 8.15. The molecular formula is C16H18ClNO3S. The Morgan fingerprint density at radius 1 is 1.45 bits per heavy atom. The van der Waals surface area contributed by atoms with E-state index in [1.165, 1.54) is 0 Å². The topological polar surface area (TPSA) is 51.5 Å². The zero-order valence-corrected chi connectivity index (χ0v) is 14.0. The molecule has 1 atom stereocenters. The average Bonchev–Trinajstić information content (AvgIpc) is 3.01. The lowest BCUT2D eigenvalue weighted by Crippen LogP contribution is -2.24. The summed E-state index contributed by atoms with van der Waals surface area (Å²) in [6.07, 6.45) is 2.37. The molecule has 6 heteroatoms. The highest BCUT2D eigenvalue weighted by molar-refractivity contribution is 7.99. The van der Waals surface area contributed by atoms with Gasteiger partial charge in [-0.05, 0) is 36.8 Å². The number of amides is 1. The molecule has 0 saturated heterocycles. The number of halogens is 1. The number of anilines is 1. The lowest BCUT2D eigenvalue weighted by molar-refractivity contribution is -0.115. The predicted molar refractivity (Wildman–Crippen MR) is 90.7 cm³/mol. The number of benzene rings is 1. The number of thioether (sulfide) groups is 1. The number of rotatable bonds is 7. The molecule has 0 fully saturated rings. The largest absolute Gasteiger partial charge is 0.495 e. The van der Waals surface area contributed by atoms with E-state index < -0.39 is 0 Å². The van der Waals surface area contributed by atoms with Crippen molar-refractivity contribution in [3.8, 4) is 5.75 Å². The van der Waals surface area contributed by atoms with Crippen LogP contribution in [0, 0.1) is 0 Å². The van der Waals surface area contributed by atoms with Gasteiger partial charge in [-0.25, -0.2) is 0 Å². The van der Waals surface area contributed by atoms with Crippen LogP contribution in [-0.2, 0) is 10.5 Å². The summed E-state index contributed by atoms with van der Waals surface area (Å²) < 4.78 is 10.4. The number of hydrogen-bond acceptors (Lipinski definition) is 4. The van der Waals surface area contributed by atoms with Crippen molar-refractivity contribution in [2.24, 2.45) is 0 Å². The highest BCUT2D eigenvalue weighted by Crippen LogP contribution is 2.28. The number of carbonyl (C=O) groups excluding carboxylic acids is 1. The first kappa shape index (κ1) is 16.8. The molecule has 1 heterocycles. The maximum absolute atomic E-state index is 12.3. The van der Waals surface area contributed by atoms with Crippen LogP contribution in [0.5, 0.6) is 5.75 Å². The number of furan rings is 1. The van der Waals surface area contributed by atoms with Gasteiger partial charge in [-0.2, -0.15) is 0 Å².